The van der Waals surface area contributed by atoms with Crippen molar-refractivity contribution in [1.29, 1.82) is 0 Å². The summed E-state index contributed by atoms with van der Waals surface area (Å²) in [6.07, 6.45) is 5.67. The number of methoxy groups -OCH3 is 1. The molecule has 11 heteroatoms. The molecule has 0 spiro atoms. The van der Waals surface area contributed by atoms with Gasteiger partial charge in [-0.1, -0.05) is 36.4 Å². The van der Waals surface area contributed by atoms with Gasteiger partial charge in [-0.25, -0.2) is 17.6 Å². The Kier molecular flexibility index (Phi) is 7.49. The number of halogens is 1. The Morgan fingerprint density at radius 3 is 2.50 bits per heavy atom. The fraction of sp³-hybridized carbons (Fsp3) is 0.444. The quantitative estimate of drug-likeness (QED) is 0.437. The van der Waals surface area contributed by atoms with Crippen LogP contribution in [0, 0.1) is 5.82 Å². The molecule has 3 aromatic rings. The number of anilines is 1. The number of piperidine rings is 1. The Labute approximate surface area is 222 Å². The van der Waals surface area contributed by atoms with Crippen molar-refractivity contribution in [2.45, 2.75) is 62.5 Å². The van der Waals surface area contributed by atoms with Gasteiger partial charge in [0.05, 0.1) is 7.11 Å². The Morgan fingerprint density at radius 1 is 1.08 bits per heavy atom. The molecule has 2 aromatic carbocycles. The molecule has 0 radical (unpaired) electrons. The predicted octanol–water partition coefficient (Wildman–Crippen LogP) is 3.86. The van der Waals surface area contributed by atoms with Crippen molar-refractivity contribution in [2.75, 3.05) is 18.6 Å². The molecule has 38 heavy (non-hydrogen) atoms. The lowest BCUT2D eigenvalue weighted by atomic mass is 9.96. The van der Waals surface area contributed by atoms with E-state index in [1.54, 1.807) is 24.8 Å². The van der Waals surface area contributed by atoms with Gasteiger partial charge < -0.3 is 14.2 Å². The zero-order valence-electron chi connectivity index (χ0n) is 21.5. The summed E-state index contributed by atoms with van der Waals surface area (Å²) in [6.45, 7) is 2.33. The maximum Gasteiger partial charge on any atom is 0.328 e. The van der Waals surface area contributed by atoms with Crippen molar-refractivity contribution in [3.8, 4) is 0 Å². The number of sulfonamides is 1. The number of hydrogen-bond acceptors (Lipinski definition) is 7. The van der Waals surface area contributed by atoms with Crippen LogP contribution < -0.4 is 4.90 Å². The first-order valence-corrected chi connectivity index (χ1v) is 14.3. The van der Waals surface area contributed by atoms with E-state index in [1.807, 2.05) is 46.7 Å². The number of rotatable bonds is 6. The SMILES string of the molecule is COC(=O)C1CC(n2cnnc2)CCN1c1ccc(CN2[C@@H](C)CCC(c3ccccc3)S2(=O)=O)c(F)c1. The normalized spacial score (nSPS) is 25.7. The number of aromatic nitrogens is 3. The van der Waals surface area contributed by atoms with Gasteiger partial charge in [0, 0.05) is 36.4 Å². The monoisotopic (exact) mass is 541 g/mol. The molecule has 2 fully saturated rings. The van der Waals surface area contributed by atoms with Crippen LogP contribution in [0.1, 0.15) is 55.0 Å². The molecule has 2 aliphatic rings. The molecule has 2 aliphatic heterocycles. The summed E-state index contributed by atoms with van der Waals surface area (Å²) in [7, 11) is -2.34. The third-order valence-corrected chi connectivity index (χ3v) is 10.2. The highest BCUT2D eigenvalue weighted by molar-refractivity contribution is 7.89. The van der Waals surface area contributed by atoms with Crippen LogP contribution >= 0.6 is 0 Å². The second-order valence-electron chi connectivity index (χ2n) is 10.0. The van der Waals surface area contributed by atoms with Crippen LogP contribution in [0.5, 0.6) is 0 Å². The van der Waals surface area contributed by atoms with E-state index in [1.165, 1.54) is 17.5 Å². The minimum absolute atomic E-state index is 0.0258. The van der Waals surface area contributed by atoms with E-state index in [4.69, 9.17) is 4.74 Å². The number of carbonyl (C=O) groups excluding carboxylic acids is 1. The van der Waals surface area contributed by atoms with E-state index in [2.05, 4.69) is 10.2 Å². The molecule has 0 N–H and O–H groups in total. The Balaban J connectivity index is 1.37. The molecule has 202 valence electrons. The molecule has 0 saturated carbocycles. The van der Waals surface area contributed by atoms with Crippen LogP contribution in [0.4, 0.5) is 10.1 Å². The second-order valence-corrected chi connectivity index (χ2v) is 12.1. The van der Waals surface area contributed by atoms with Crippen LogP contribution in [0.25, 0.3) is 0 Å². The highest BCUT2D eigenvalue weighted by atomic mass is 32.2. The van der Waals surface area contributed by atoms with E-state index in [-0.39, 0.29) is 18.6 Å². The minimum Gasteiger partial charge on any atom is -0.467 e. The largest absolute Gasteiger partial charge is 0.467 e. The molecule has 2 saturated heterocycles. The van der Waals surface area contributed by atoms with Gasteiger partial charge in [-0.2, -0.15) is 4.31 Å². The van der Waals surface area contributed by atoms with Crippen molar-refractivity contribution < 1.29 is 22.3 Å². The van der Waals surface area contributed by atoms with Crippen LogP contribution in [0.2, 0.25) is 0 Å². The van der Waals surface area contributed by atoms with Crippen LogP contribution in [0.15, 0.2) is 61.2 Å². The Morgan fingerprint density at radius 2 is 1.82 bits per heavy atom. The smallest absolute Gasteiger partial charge is 0.328 e. The molecule has 1 aromatic heterocycles. The number of hydrogen-bond donors (Lipinski definition) is 0. The average Bonchev–Trinajstić information content (AvgIpc) is 3.46. The fourth-order valence-corrected chi connectivity index (χ4v) is 7.83. The van der Waals surface area contributed by atoms with Crippen molar-refractivity contribution in [3.05, 3.63) is 78.1 Å². The van der Waals surface area contributed by atoms with Gasteiger partial charge in [0.2, 0.25) is 10.0 Å². The maximum absolute atomic E-state index is 15.5. The number of ether oxygens (including phenoxy) is 1. The molecular formula is C27H32FN5O4S. The van der Waals surface area contributed by atoms with Crippen LogP contribution in [0.3, 0.4) is 0 Å². The third kappa shape index (κ3) is 5.04. The maximum atomic E-state index is 15.5. The third-order valence-electron chi connectivity index (χ3n) is 7.80. The van der Waals surface area contributed by atoms with Crippen molar-refractivity contribution >= 4 is 21.7 Å². The Bertz CT molecular complexity index is 1370. The lowest BCUT2D eigenvalue weighted by Gasteiger charge is -2.40. The van der Waals surface area contributed by atoms with E-state index in [9.17, 15) is 13.2 Å². The standard InChI is InChI=1S/C27H32FN5O4S/c1-19-8-11-26(20-6-4-3-5-7-20)38(35,36)33(19)16-21-9-10-23(14-24(21)28)32-13-12-22(31-17-29-30-18-31)15-25(32)27(34)37-2/h3-7,9-10,14,17-19,22,25-26H,8,11-13,15-16H2,1-2H3/t19-,22?,25?,26?/m0/s1. The number of nitrogens with zero attached hydrogens (tertiary/aromatic N) is 5. The molecule has 0 bridgehead atoms. The summed E-state index contributed by atoms with van der Waals surface area (Å²) in [5, 5.41) is 7.07. The lowest BCUT2D eigenvalue weighted by Crippen LogP contribution is -2.48. The van der Waals surface area contributed by atoms with Gasteiger partial charge in [-0.05, 0) is 50.3 Å². The fourth-order valence-electron chi connectivity index (χ4n) is 5.65. The summed E-state index contributed by atoms with van der Waals surface area (Å²) in [5.41, 5.74) is 1.61. The summed E-state index contributed by atoms with van der Waals surface area (Å²) in [6, 6.07) is 13.1. The van der Waals surface area contributed by atoms with E-state index < -0.39 is 33.1 Å². The highest BCUT2D eigenvalue weighted by Crippen LogP contribution is 2.39. The molecule has 3 heterocycles. The predicted molar refractivity (Wildman–Crippen MR) is 140 cm³/mol. The second kappa shape index (κ2) is 10.8. The van der Waals surface area contributed by atoms with Crippen molar-refractivity contribution in [3.63, 3.8) is 0 Å². The molecule has 0 aliphatic carbocycles. The first kappa shape index (κ1) is 26.3. The summed E-state index contributed by atoms with van der Waals surface area (Å²) in [4.78, 5) is 14.5. The zero-order valence-corrected chi connectivity index (χ0v) is 22.3. The average molecular weight is 542 g/mol. The van der Waals surface area contributed by atoms with Gasteiger partial charge in [-0.15, -0.1) is 10.2 Å². The van der Waals surface area contributed by atoms with Crippen molar-refractivity contribution in [2.24, 2.45) is 0 Å². The molecular weight excluding hydrogens is 509 g/mol. The summed E-state index contributed by atoms with van der Waals surface area (Å²) in [5.74, 6) is -0.899. The van der Waals surface area contributed by atoms with Crippen LogP contribution in [-0.4, -0.2) is 59.2 Å². The highest BCUT2D eigenvalue weighted by Gasteiger charge is 2.41. The van der Waals surface area contributed by atoms with E-state index in [0.717, 1.165) is 12.0 Å². The number of carbonyl (C=O) groups is 1. The van der Waals surface area contributed by atoms with Gasteiger partial charge in [-0.3, -0.25) is 0 Å². The lowest BCUT2D eigenvalue weighted by molar-refractivity contribution is -0.143. The first-order chi connectivity index (χ1) is 18.3. The zero-order chi connectivity index (χ0) is 26.9. The number of esters is 1. The number of benzene rings is 2. The van der Waals surface area contributed by atoms with Gasteiger partial charge in [0.1, 0.15) is 29.8 Å². The minimum atomic E-state index is -3.68. The molecule has 9 nitrogen and oxygen atoms in total. The van der Waals surface area contributed by atoms with Gasteiger partial charge in [0.25, 0.3) is 0 Å². The van der Waals surface area contributed by atoms with Crippen molar-refractivity contribution in [1.82, 2.24) is 19.1 Å². The molecule has 4 atom stereocenters. The van der Waals surface area contributed by atoms with Crippen LogP contribution in [-0.2, 0) is 26.1 Å². The molecule has 3 unspecified atom stereocenters. The summed E-state index contributed by atoms with van der Waals surface area (Å²) >= 11 is 0. The van der Waals surface area contributed by atoms with Gasteiger partial charge in [0.15, 0.2) is 0 Å². The van der Waals surface area contributed by atoms with E-state index in [0.29, 0.717) is 37.1 Å². The topological polar surface area (TPSA) is 97.6 Å². The summed E-state index contributed by atoms with van der Waals surface area (Å²) < 4.78 is 51.0. The Hall–Kier alpha value is -3.31. The first-order valence-electron chi connectivity index (χ1n) is 12.8. The van der Waals surface area contributed by atoms with E-state index >= 15 is 4.39 Å². The molecule has 0 amide bonds. The molecule has 5 rings (SSSR count). The van der Waals surface area contributed by atoms with Gasteiger partial charge >= 0.3 is 5.97 Å².